The smallest absolute Gasteiger partial charge is 0.410 e. The van der Waals surface area contributed by atoms with Crippen LogP contribution >= 0.6 is 46.4 Å². The van der Waals surface area contributed by atoms with Gasteiger partial charge in [-0.15, -0.1) is 0 Å². The molecule has 3 amide bonds. The molecule has 0 spiro atoms. The molecule has 3 saturated heterocycles. The molecule has 10 rings (SSSR count). The zero-order valence-electron chi connectivity index (χ0n) is 60.8. The Hall–Kier alpha value is -7.94. The number of amides is 3. The highest BCUT2D eigenvalue weighted by atomic mass is 35.5. The number of pyridine rings is 2. The Labute approximate surface area is 630 Å². The largest absolute Gasteiger partial charge is 0.460 e. The van der Waals surface area contributed by atoms with Gasteiger partial charge in [0, 0.05) is 111 Å². The van der Waals surface area contributed by atoms with E-state index < -0.39 is 59.0 Å². The number of fused-ring (bicyclic) bond motifs is 4. The van der Waals surface area contributed by atoms with Crippen molar-refractivity contribution < 1.29 is 72.4 Å². The van der Waals surface area contributed by atoms with Gasteiger partial charge < -0.3 is 24.0 Å². The van der Waals surface area contributed by atoms with Crippen molar-refractivity contribution in [3.8, 4) is 11.1 Å². The summed E-state index contributed by atoms with van der Waals surface area (Å²) in [5.41, 5.74) is 5.84. The number of hydrogen-bond donors (Lipinski definition) is 2. The highest BCUT2D eigenvalue weighted by Gasteiger charge is 2.47. The Kier molecular flexibility index (Phi) is 28.0. The second kappa shape index (κ2) is 36.4. The Balaban J connectivity index is 0.000000256. The Morgan fingerprint density at radius 1 is 0.596 bits per heavy atom. The topological polar surface area (TPSA) is 225 Å². The van der Waals surface area contributed by atoms with Crippen LogP contribution in [0.2, 0.25) is 20.1 Å². The summed E-state index contributed by atoms with van der Waals surface area (Å²) in [4.78, 5) is 118. The maximum absolute atomic E-state index is 15.0. The number of ketones is 3. The summed E-state index contributed by atoms with van der Waals surface area (Å²) in [6, 6.07) is 36.0. The van der Waals surface area contributed by atoms with Crippen molar-refractivity contribution in [1.82, 2.24) is 19.6 Å². The van der Waals surface area contributed by atoms with Crippen molar-refractivity contribution >= 4 is 93.6 Å². The molecule has 104 heavy (non-hydrogen) atoms. The molecule has 5 heterocycles. The number of Topliss-reactive ketones (excluding diaryl/α,β-unsaturated/α-hetero) is 3. The first-order valence-corrected chi connectivity index (χ1v) is 37.7. The predicted octanol–water partition coefficient (Wildman–Crippen LogP) is 14.0. The van der Waals surface area contributed by atoms with E-state index in [1.54, 1.807) is 46.4 Å². The molecule has 4 aliphatic rings. The lowest BCUT2D eigenvalue weighted by atomic mass is 9.97. The molecule has 7 atom stereocenters. The summed E-state index contributed by atoms with van der Waals surface area (Å²) < 4.78 is 18.8. The predicted molar refractivity (Wildman–Crippen MR) is 397 cm³/mol. The van der Waals surface area contributed by atoms with Crippen LogP contribution < -0.4 is 9.46 Å². The van der Waals surface area contributed by atoms with E-state index in [0.29, 0.717) is 36.7 Å². The van der Waals surface area contributed by atoms with Gasteiger partial charge >= 0.3 is 18.0 Å². The second-order valence-corrected chi connectivity index (χ2v) is 31.6. The van der Waals surface area contributed by atoms with E-state index in [1.165, 1.54) is 39.9 Å². The fourth-order valence-corrected chi connectivity index (χ4v) is 15.3. The number of carbonyl (C=O) groups is 8. The van der Waals surface area contributed by atoms with Crippen molar-refractivity contribution in [2.45, 2.75) is 205 Å². The number of ether oxygens (including phenoxy) is 3. The summed E-state index contributed by atoms with van der Waals surface area (Å²) in [7, 11) is 0. The molecule has 23 heteroatoms. The maximum Gasteiger partial charge on any atom is 0.410 e. The Morgan fingerprint density at radius 2 is 1.11 bits per heavy atom. The SMILES string of the molecule is C[C@@H]1C[C@@H](C(=O)N(CCC(=O)CCc2ccccc2)[C@H](CCC(=O)OC(C)(C)C)C(=O)CCc2cc(Cl)c(Cl)c[n+]2O)N(C(=O)OCC2c3ccccc3-c3ccccc32)C1.C[C@@H]1C[C@H]2C(=O)N([C@H](CCC(=O)OC(C)(C)C)C(=O)CCc3cc(Cl)c(Cl)c[n+]3O)CCC(CCc3ccccc3)N2C1. The van der Waals surface area contributed by atoms with E-state index in [4.69, 9.17) is 60.6 Å². The van der Waals surface area contributed by atoms with Crippen LogP contribution in [0.25, 0.3) is 11.1 Å². The molecule has 2 aromatic heterocycles. The molecular formula is C81H98Cl4N6O13+2. The van der Waals surface area contributed by atoms with Gasteiger partial charge in [-0.3, -0.25) is 53.8 Å². The number of aryl methyl sites for hydroxylation is 4. The van der Waals surface area contributed by atoms with Crippen molar-refractivity contribution in [1.29, 1.82) is 0 Å². The molecule has 0 bridgehead atoms. The summed E-state index contributed by atoms with van der Waals surface area (Å²) in [6.07, 6.45) is 6.25. The normalized spacial score (nSPS) is 18.6. The molecule has 556 valence electrons. The van der Waals surface area contributed by atoms with Crippen molar-refractivity contribution in [2.75, 3.05) is 32.8 Å². The number of carbonyl (C=O) groups excluding carboxylic acids is 8. The van der Waals surface area contributed by atoms with E-state index in [0.717, 1.165) is 69.5 Å². The quantitative estimate of drug-likeness (QED) is 0.0202. The van der Waals surface area contributed by atoms with Crippen LogP contribution in [-0.2, 0) is 73.5 Å². The summed E-state index contributed by atoms with van der Waals surface area (Å²) in [6.45, 7) is 16.2. The number of benzene rings is 4. The zero-order valence-corrected chi connectivity index (χ0v) is 63.8. The zero-order chi connectivity index (χ0) is 75.2. The van der Waals surface area contributed by atoms with Crippen LogP contribution in [0.15, 0.2) is 134 Å². The van der Waals surface area contributed by atoms with Gasteiger partial charge in [-0.25, -0.2) is 4.79 Å². The second-order valence-electron chi connectivity index (χ2n) is 30.0. The van der Waals surface area contributed by atoms with Gasteiger partial charge in [0.2, 0.25) is 35.6 Å². The van der Waals surface area contributed by atoms with Crippen molar-refractivity contribution in [3.63, 3.8) is 0 Å². The summed E-state index contributed by atoms with van der Waals surface area (Å²) in [5, 5.41) is 21.6. The molecule has 4 aromatic carbocycles. The van der Waals surface area contributed by atoms with Gasteiger partial charge in [-0.1, -0.05) is 169 Å². The number of nitrogens with zero attached hydrogens (tertiary/aromatic N) is 6. The minimum Gasteiger partial charge on any atom is -0.460 e. The maximum atomic E-state index is 15.0. The molecule has 0 radical (unpaired) electrons. The molecule has 6 aromatic rings. The Morgan fingerprint density at radius 3 is 1.66 bits per heavy atom. The molecule has 2 N–H and O–H groups in total. The average molecular weight is 1510 g/mol. The van der Waals surface area contributed by atoms with E-state index >= 15 is 4.79 Å². The molecule has 1 unspecified atom stereocenters. The molecule has 0 saturated carbocycles. The standard InChI is InChI=1S/C48H54Cl2N3O8.C33H44Cl2N3O5/c1-31-26-43(52(28-31)47(58)60-30-39-37-16-10-8-14-35(37)36-15-9-11-17-38(36)39)46(57)51(25-24-34(54)20-18-32-12-6-5-7-13-32)42(21-23-45(56)61-48(2,3)4)44(55)22-19-33-27-40(49)41(50)29-53(33)59;1-22-18-29-32(41)36(17-16-24(37(29)20-22)11-10-23-8-6-5-7-9-23)28(13-15-31(40)43-33(2,3)4)30(39)14-12-25-19-26(34)27(35)21-38(25)42/h5-17,27,29,31,39,42-43,59H,18-26,28,30H2,1-4H3;5-9,19,21-22,24,28-29,42H,10-18,20H2,1-4H3/q2*+1/t31-,42-,43+;22-,24?,28-,29+/m11/s1. The molecule has 3 aliphatic heterocycles. The lowest BCUT2D eigenvalue weighted by molar-refractivity contribution is -0.909. The summed E-state index contributed by atoms with van der Waals surface area (Å²) in [5.74, 6) is -2.07. The van der Waals surface area contributed by atoms with E-state index in [9.17, 15) is 44.0 Å². The monoisotopic (exact) mass is 1500 g/mol. The number of hydrogen-bond acceptors (Lipinski definition) is 14. The Bertz CT molecular complexity index is 3990. The third-order valence-corrected chi connectivity index (χ3v) is 21.1. The number of esters is 2. The number of rotatable bonds is 28. The summed E-state index contributed by atoms with van der Waals surface area (Å²) >= 11 is 24.5. The number of aromatic nitrogens is 2. The third-order valence-electron chi connectivity index (χ3n) is 19.7. The van der Waals surface area contributed by atoms with Crippen LogP contribution in [0.1, 0.15) is 172 Å². The molecule has 3 fully saturated rings. The van der Waals surface area contributed by atoms with Gasteiger partial charge in [0.25, 0.3) is 0 Å². The fourth-order valence-electron chi connectivity index (χ4n) is 14.7. The minimum atomic E-state index is -1.17. The van der Waals surface area contributed by atoms with Crippen molar-refractivity contribution in [2.24, 2.45) is 11.8 Å². The fraction of sp³-hybridized carbons (Fsp3) is 0.481. The highest BCUT2D eigenvalue weighted by molar-refractivity contribution is 6.42. The number of halogens is 4. The molecule has 19 nitrogen and oxygen atoms in total. The first-order chi connectivity index (χ1) is 49.4. The lowest BCUT2D eigenvalue weighted by Gasteiger charge is -2.35. The van der Waals surface area contributed by atoms with E-state index in [2.05, 4.69) is 36.1 Å². The third kappa shape index (κ3) is 21.9. The highest BCUT2D eigenvalue weighted by Crippen LogP contribution is 2.45. The molecular weight excluding hydrogens is 1410 g/mol. The lowest BCUT2D eigenvalue weighted by Crippen LogP contribution is -2.54. The van der Waals surface area contributed by atoms with Gasteiger partial charge in [-0.2, -0.15) is 0 Å². The van der Waals surface area contributed by atoms with Crippen LogP contribution in [0, 0.1) is 11.8 Å². The van der Waals surface area contributed by atoms with Crippen molar-refractivity contribution in [3.05, 3.63) is 187 Å². The van der Waals surface area contributed by atoms with Gasteiger partial charge in [0.15, 0.2) is 11.6 Å². The van der Waals surface area contributed by atoms with Gasteiger partial charge in [-0.05, 0) is 138 Å². The van der Waals surface area contributed by atoms with E-state index in [-0.39, 0.29) is 145 Å². The van der Waals surface area contributed by atoms with Crippen LogP contribution in [0.3, 0.4) is 0 Å². The first-order valence-electron chi connectivity index (χ1n) is 36.2. The van der Waals surface area contributed by atoms with E-state index in [1.807, 2.05) is 91.9 Å². The van der Waals surface area contributed by atoms with Crippen LogP contribution in [0.5, 0.6) is 0 Å². The first kappa shape index (κ1) is 80.2. The van der Waals surface area contributed by atoms with Gasteiger partial charge in [0.05, 0.1) is 28.2 Å². The number of likely N-dealkylation sites (tertiary alicyclic amines) is 1. The van der Waals surface area contributed by atoms with Crippen LogP contribution in [-0.4, -0.2) is 151 Å². The van der Waals surface area contributed by atoms with Crippen LogP contribution in [0.4, 0.5) is 4.79 Å². The molecule has 1 aliphatic carbocycles. The van der Waals surface area contributed by atoms with Gasteiger partial charge in [0.1, 0.15) is 39.7 Å². The minimum absolute atomic E-state index is 0.0203. The average Bonchev–Trinajstić information content (AvgIpc) is 1.62.